The normalized spacial score (nSPS) is 12.2. The van der Waals surface area contributed by atoms with Crippen molar-refractivity contribution in [3.63, 3.8) is 0 Å². The maximum absolute atomic E-state index is 12.2. The summed E-state index contributed by atoms with van der Waals surface area (Å²) in [6.07, 6.45) is 3.35. The first-order chi connectivity index (χ1) is 10.0. The van der Waals surface area contributed by atoms with E-state index in [0.717, 1.165) is 5.56 Å². The second-order valence-electron chi connectivity index (χ2n) is 5.34. The summed E-state index contributed by atoms with van der Waals surface area (Å²) in [4.78, 5) is 16.3. The lowest BCUT2D eigenvalue weighted by Crippen LogP contribution is -2.27. The molecule has 112 valence electrons. The fraction of sp³-hybridized carbons (Fsp3) is 0.375. The van der Waals surface area contributed by atoms with E-state index in [1.54, 1.807) is 12.5 Å². The highest BCUT2D eigenvalue weighted by Crippen LogP contribution is 2.19. The fourth-order valence-corrected chi connectivity index (χ4v) is 2.32. The molecule has 1 unspecified atom stereocenters. The number of nitrogens with two attached hydrogens (primary N) is 1. The Morgan fingerprint density at radius 1 is 1.43 bits per heavy atom. The number of carbonyl (C=O) groups excluding carboxylic acids is 1. The molecule has 2 aromatic rings. The van der Waals surface area contributed by atoms with E-state index in [-0.39, 0.29) is 11.9 Å². The van der Waals surface area contributed by atoms with Gasteiger partial charge in [0.2, 0.25) is 0 Å². The van der Waals surface area contributed by atoms with Crippen LogP contribution in [0.5, 0.6) is 0 Å². The SMILES string of the molecule is Cc1ccc(C)c(C(C)NC(=O)c2cn(CCN)cn2)c1. The summed E-state index contributed by atoms with van der Waals surface area (Å²) in [6, 6.07) is 6.19. The molecule has 0 fully saturated rings. The Hall–Kier alpha value is -2.14. The number of rotatable bonds is 5. The zero-order valence-electron chi connectivity index (χ0n) is 12.8. The number of benzene rings is 1. The molecule has 0 radical (unpaired) electrons. The number of hydrogen-bond donors (Lipinski definition) is 2. The number of amides is 1. The van der Waals surface area contributed by atoms with Gasteiger partial charge in [-0.1, -0.05) is 23.8 Å². The maximum atomic E-state index is 12.2. The van der Waals surface area contributed by atoms with Crippen LogP contribution in [0.2, 0.25) is 0 Å². The molecular weight excluding hydrogens is 264 g/mol. The molecule has 1 amide bonds. The monoisotopic (exact) mass is 286 g/mol. The summed E-state index contributed by atoms with van der Waals surface area (Å²) in [6.45, 7) is 7.26. The molecule has 0 saturated carbocycles. The zero-order chi connectivity index (χ0) is 15.4. The molecule has 0 aliphatic heterocycles. The van der Waals surface area contributed by atoms with Gasteiger partial charge in [0.05, 0.1) is 12.4 Å². The summed E-state index contributed by atoms with van der Waals surface area (Å²) in [5.74, 6) is -0.167. The number of nitrogens with zero attached hydrogens (tertiary/aromatic N) is 2. The Labute approximate surface area is 125 Å². The lowest BCUT2D eigenvalue weighted by Gasteiger charge is -2.16. The van der Waals surface area contributed by atoms with Crippen LogP contribution in [0.3, 0.4) is 0 Å². The van der Waals surface area contributed by atoms with Crippen molar-refractivity contribution in [1.29, 1.82) is 0 Å². The lowest BCUT2D eigenvalue weighted by atomic mass is 10.00. The molecule has 0 aliphatic rings. The van der Waals surface area contributed by atoms with Crippen LogP contribution in [-0.2, 0) is 6.54 Å². The summed E-state index contributed by atoms with van der Waals surface area (Å²) in [7, 11) is 0. The summed E-state index contributed by atoms with van der Waals surface area (Å²) in [5, 5.41) is 2.99. The van der Waals surface area contributed by atoms with Gasteiger partial charge in [-0.2, -0.15) is 0 Å². The number of carbonyl (C=O) groups is 1. The van der Waals surface area contributed by atoms with Crippen molar-refractivity contribution >= 4 is 5.91 Å². The molecule has 21 heavy (non-hydrogen) atoms. The predicted molar refractivity (Wildman–Crippen MR) is 83.1 cm³/mol. The van der Waals surface area contributed by atoms with Crippen molar-refractivity contribution in [2.24, 2.45) is 5.73 Å². The molecule has 0 aliphatic carbocycles. The predicted octanol–water partition coefficient (Wildman–Crippen LogP) is 1.95. The first-order valence-corrected chi connectivity index (χ1v) is 7.11. The minimum Gasteiger partial charge on any atom is -0.344 e. The molecule has 1 heterocycles. The van der Waals surface area contributed by atoms with Gasteiger partial charge in [-0.3, -0.25) is 4.79 Å². The summed E-state index contributed by atoms with van der Waals surface area (Å²) in [5.41, 5.74) is 9.38. The Kier molecular flexibility index (Phi) is 4.75. The van der Waals surface area contributed by atoms with E-state index in [1.807, 2.05) is 25.3 Å². The van der Waals surface area contributed by atoms with E-state index in [9.17, 15) is 4.79 Å². The molecule has 1 aromatic heterocycles. The Morgan fingerprint density at radius 2 is 2.19 bits per heavy atom. The molecular formula is C16H22N4O. The highest BCUT2D eigenvalue weighted by Gasteiger charge is 2.15. The number of imidazole rings is 1. The molecule has 1 atom stereocenters. The molecule has 0 spiro atoms. The van der Waals surface area contributed by atoms with Crippen molar-refractivity contribution < 1.29 is 4.79 Å². The first-order valence-electron chi connectivity index (χ1n) is 7.11. The molecule has 2 rings (SSSR count). The highest BCUT2D eigenvalue weighted by molar-refractivity contribution is 5.92. The van der Waals surface area contributed by atoms with Crippen molar-refractivity contribution in [3.8, 4) is 0 Å². The van der Waals surface area contributed by atoms with Gasteiger partial charge in [0.25, 0.3) is 5.91 Å². The number of hydrogen-bond acceptors (Lipinski definition) is 3. The van der Waals surface area contributed by atoms with E-state index < -0.39 is 0 Å². The van der Waals surface area contributed by atoms with Gasteiger partial charge in [0, 0.05) is 19.3 Å². The minimum absolute atomic E-state index is 0.0583. The molecule has 5 heteroatoms. The zero-order valence-corrected chi connectivity index (χ0v) is 12.8. The molecule has 3 N–H and O–H groups in total. The molecule has 0 bridgehead atoms. The van der Waals surface area contributed by atoms with E-state index >= 15 is 0 Å². The fourth-order valence-electron chi connectivity index (χ4n) is 2.32. The third-order valence-corrected chi connectivity index (χ3v) is 3.50. The second kappa shape index (κ2) is 6.54. The number of aryl methyl sites for hydroxylation is 2. The quantitative estimate of drug-likeness (QED) is 0.882. The van der Waals surface area contributed by atoms with Crippen LogP contribution in [0.4, 0.5) is 0 Å². The number of nitrogens with one attached hydrogen (secondary N) is 1. The Balaban J connectivity index is 2.09. The van der Waals surface area contributed by atoms with Gasteiger partial charge >= 0.3 is 0 Å². The molecule has 0 saturated heterocycles. The minimum atomic E-state index is -0.167. The Bertz CT molecular complexity index is 633. The van der Waals surface area contributed by atoms with Crippen molar-refractivity contribution in [2.75, 3.05) is 6.54 Å². The first kappa shape index (κ1) is 15.3. The average Bonchev–Trinajstić information content (AvgIpc) is 2.90. The van der Waals surface area contributed by atoms with Gasteiger partial charge in [0.15, 0.2) is 0 Å². The van der Waals surface area contributed by atoms with Crippen LogP contribution < -0.4 is 11.1 Å². The lowest BCUT2D eigenvalue weighted by molar-refractivity contribution is 0.0935. The van der Waals surface area contributed by atoms with Gasteiger partial charge in [0.1, 0.15) is 5.69 Å². The van der Waals surface area contributed by atoms with Crippen LogP contribution in [0.1, 0.15) is 40.1 Å². The van der Waals surface area contributed by atoms with E-state index in [2.05, 4.69) is 28.5 Å². The van der Waals surface area contributed by atoms with Crippen LogP contribution in [0.25, 0.3) is 0 Å². The summed E-state index contributed by atoms with van der Waals surface area (Å²) < 4.78 is 1.82. The largest absolute Gasteiger partial charge is 0.344 e. The van der Waals surface area contributed by atoms with Crippen LogP contribution in [0.15, 0.2) is 30.7 Å². The van der Waals surface area contributed by atoms with Gasteiger partial charge in [-0.05, 0) is 31.9 Å². The standard InChI is InChI=1S/C16H22N4O/c1-11-4-5-12(2)14(8-11)13(3)19-16(21)15-9-20(7-6-17)10-18-15/h4-5,8-10,13H,6-7,17H2,1-3H3,(H,19,21). The van der Waals surface area contributed by atoms with E-state index in [0.29, 0.717) is 18.8 Å². The summed E-state index contributed by atoms with van der Waals surface area (Å²) >= 11 is 0. The van der Waals surface area contributed by atoms with Crippen molar-refractivity contribution in [3.05, 3.63) is 53.1 Å². The van der Waals surface area contributed by atoms with E-state index in [1.165, 1.54) is 11.1 Å². The van der Waals surface area contributed by atoms with E-state index in [4.69, 9.17) is 5.73 Å². The van der Waals surface area contributed by atoms with Gasteiger partial charge < -0.3 is 15.6 Å². The third-order valence-electron chi connectivity index (χ3n) is 3.50. The average molecular weight is 286 g/mol. The van der Waals surface area contributed by atoms with Gasteiger partial charge in [-0.25, -0.2) is 4.98 Å². The van der Waals surface area contributed by atoms with Crippen LogP contribution in [0, 0.1) is 13.8 Å². The van der Waals surface area contributed by atoms with Crippen molar-refractivity contribution in [1.82, 2.24) is 14.9 Å². The Morgan fingerprint density at radius 3 is 2.90 bits per heavy atom. The van der Waals surface area contributed by atoms with Crippen LogP contribution in [-0.4, -0.2) is 22.0 Å². The second-order valence-corrected chi connectivity index (χ2v) is 5.34. The molecule has 5 nitrogen and oxygen atoms in total. The van der Waals surface area contributed by atoms with Gasteiger partial charge in [-0.15, -0.1) is 0 Å². The maximum Gasteiger partial charge on any atom is 0.271 e. The topological polar surface area (TPSA) is 72.9 Å². The highest BCUT2D eigenvalue weighted by atomic mass is 16.1. The van der Waals surface area contributed by atoms with Crippen LogP contribution >= 0.6 is 0 Å². The smallest absolute Gasteiger partial charge is 0.271 e. The third kappa shape index (κ3) is 3.70. The van der Waals surface area contributed by atoms with Crippen molar-refractivity contribution in [2.45, 2.75) is 33.4 Å². The molecule has 1 aromatic carbocycles. The number of aromatic nitrogens is 2.